The number of fused-ring (bicyclic) bond motifs is 1. The van der Waals surface area contributed by atoms with Crippen LogP contribution in [0.3, 0.4) is 0 Å². The van der Waals surface area contributed by atoms with Crippen LogP contribution in [-0.2, 0) is 10.3 Å². The van der Waals surface area contributed by atoms with Crippen LogP contribution in [0, 0.1) is 0 Å². The number of nitrogens with one attached hydrogen (secondary N) is 1. The Hall–Kier alpha value is -3.31. The van der Waals surface area contributed by atoms with E-state index >= 15 is 0 Å². The highest BCUT2D eigenvalue weighted by molar-refractivity contribution is 5.81. The Morgan fingerprint density at radius 2 is 1.92 bits per heavy atom. The van der Waals surface area contributed by atoms with E-state index in [4.69, 9.17) is 19.4 Å². The number of anilines is 1. The van der Waals surface area contributed by atoms with E-state index in [1.807, 2.05) is 62.4 Å². The van der Waals surface area contributed by atoms with Crippen LogP contribution in [-0.4, -0.2) is 65.5 Å². The van der Waals surface area contributed by atoms with Crippen molar-refractivity contribution in [2.24, 2.45) is 0 Å². The summed E-state index contributed by atoms with van der Waals surface area (Å²) in [6, 6.07) is 2.27. The van der Waals surface area contributed by atoms with Gasteiger partial charge in [-0.15, -0.1) is 15.3 Å². The van der Waals surface area contributed by atoms with Gasteiger partial charge in [0, 0.05) is 48.0 Å². The first-order chi connectivity index (χ1) is 18.2. The Bertz CT molecular complexity index is 1380. The molecule has 0 unspecified atom stereocenters. The molecule has 4 aromatic rings. The summed E-state index contributed by atoms with van der Waals surface area (Å²) < 4.78 is 15.1. The lowest BCUT2D eigenvalue weighted by molar-refractivity contribution is 0.121. The summed E-state index contributed by atoms with van der Waals surface area (Å²) in [5.74, 6) is 2.14. The number of nitrogens with zero attached hydrogens (tertiary/aromatic N) is 7. The van der Waals surface area contributed by atoms with Gasteiger partial charge >= 0.3 is 0 Å². The topological polar surface area (TPSA) is 128 Å². The van der Waals surface area contributed by atoms with Gasteiger partial charge in [0.25, 0.3) is 0 Å². The lowest BCUT2D eigenvalue weighted by atomic mass is 9.85. The minimum Gasteiger partial charge on any atom is -0.422 e. The summed E-state index contributed by atoms with van der Waals surface area (Å²) in [5, 5.41) is 31.5. The predicted molar refractivity (Wildman–Crippen MR) is 143 cm³/mol. The number of hydrogen-bond donors (Lipinski definition) is 2. The Kier molecular flexibility index (Phi) is 7.23. The standard InChI is InChI=1S/C27H38N8O3/c1-16(2)24-31-32-25(38-24)27(4,5)34-14-19(12-29-34)21-11-22(18-7-9-20(36)10-8-18)35-23(21)13-28-26(33-35)30-17(3)15-37-6/h11-14,16-18,20,36H,7-10,15H2,1-6H3,(H,30,33)/t17-,18-,20-/m0/s1. The van der Waals surface area contributed by atoms with Crippen LogP contribution >= 0.6 is 0 Å². The van der Waals surface area contributed by atoms with E-state index in [-0.39, 0.29) is 18.1 Å². The normalized spacial score (nSPS) is 19.4. The largest absolute Gasteiger partial charge is 0.422 e. The molecular weight excluding hydrogens is 484 g/mol. The van der Waals surface area contributed by atoms with Crippen molar-refractivity contribution in [1.29, 1.82) is 0 Å². The van der Waals surface area contributed by atoms with Crippen molar-refractivity contribution in [3.8, 4) is 11.1 Å². The maximum Gasteiger partial charge on any atom is 0.243 e. The maximum atomic E-state index is 10.1. The molecule has 2 N–H and O–H groups in total. The number of aliphatic hydroxyl groups excluding tert-OH is 1. The summed E-state index contributed by atoms with van der Waals surface area (Å²) in [4.78, 5) is 4.61. The van der Waals surface area contributed by atoms with Gasteiger partial charge in [0.05, 0.1) is 30.6 Å². The number of ether oxygens (including phenoxy) is 1. The first-order valence-electron chi connectivity index (χ1n) is 13.4. The smallest absolute Gasteiger partial charge is 0.243 e. The number of methoxy groups -OCH3 is 1. The van der Waals surface area contributed by atoms with Crippen LogP contribution in [0.1, 0.15) is 89.6 Å². The highest BCUT2D eigenvalue weighted by Crippen LogP contribution is 2.38. The molecule has 1 saturated carbocycles. The molecule has 0 amide bonds. The second kappa shape index (κ2) is 10.5. The minimum absolute atomic E-state index is 0.0714. The molecule has 0 spiro atoms. The molecule has 1 fully saturated rings. The van der Waals surface area contributed by atoms with E-state index in [0.29, 0.717) is 30.3 Å². The van der Waals surface area contributed by atoms with E-state index in [2.05, 4.69) is 26.6 Å². The molecule has 0 aromatic carbocycles. The first-order valence-corrected chi connectivity index (χ1v) is 13.4. The van der Waals surface area contributed by atoms with Crippen molar-refractivity contribution in [2.75, 3.05) is 19.0 Å². The zero-order chi connectivity index (χ0) is 27.0. The molecule has 0 aliphatic heterocycles. The van der Waals surface area contributed by atoms with Crippen molar-refractivity contribution in [3.63, 3.8) is 0 Å². The van der Waals surface area contributed by atoms with E-state index in [1.54, 1.807) is 7.11 Å². The third-order valence-corrected chi connectivity index (χ3v) is 7.38. The third-order valence-electron chi connectivity index (χ3n) is 7.38. The fourth-order valence-corrected chi connectivity index (χ4v) is 5.07. The summed E-state index contributed by atoms with van der Waals surface area (Å²) in [6.07, 6.45) is 8.93. The second-order valence-corrected chi connectivity index (χ2v) is 11.2. The van der Waals surface area contributed by atoms with Crippen LogP contribution in [0.5, 0.6) is 0 Å². The number of rotatable bonds is 9. The van der Waals surface area contributed by atoms with Gasteiger partial charge in [-0.1, -0.05) is 13.8 Å². The Labute approximate surface area is 222 Å². The molecule has 1 atom stereocenters. The van der Waals surface area contributed by atoms with Gasteiger partial charge in [-0.2, -0.15) is 5.10 Å². The summed E-state index contributed by atoms with van der Waals surface area (Å²) in [6.45, 7) is 10.7. The average molecular weight is 523 g/mol. The van der Waals surface area contributed by atoms with Gasteiger partial charge in [-0.3, -0.25) is 4.68 Å². The van der Waals surface area contributed by atoms with Crippen molar-refractivity contribution >= 4 is 11.5 Å². The van der Waals surface area contributed by atoms with Crippen LogP contribution in [0.15, 0.2) is 29.1 Å². The fraction of sp³-hybridized carbons (Fsp3) is 0.593. The van der Waals surface area contributed by atoms with Gasteiger partial charge in [0.1, 0.15) is 5.54 Å². The quantitative estimate of drug-likeness (QED) is 0.330. The molecule has 4 aromatic heterocycles. The molecule has 0 bridgehead atoms. The molecule has 4 heterocycles. The van der Waals surface area contributed by atoms with Gasteiger partial charge in [-0.25, -0.2) is 9.50 Å². The predicted octanol–water partition coefficient (Wildman–Crippen LogP) is 4.35. The van der Waals surface area contributed by atoms with Gasteiger partial charge in [-0.05, 0) is 52.5 Å². The van der Waals surface area contributed by atoms with Gasteiger partial charge < -0.3 is 19.6 Å². The number of hydrogen-bond acceptors (Lipinski definition) is 9. The Morgan fingerprint density at radius 3 is 2.61 bits per heavy atom. The molecule has 11 heteroatoms. The SMILES string of the molecule is COC[C@H](C)Nc1ncc2c(-c3cnn(C(C)(C)c4nnc(C(C)C)o4)c3)cc([C@H]3CC[C@H](O)CC3)n2n1. The number of aliphatic hydroxyl groups is 1. The highest BCUT2D eigenvalue weighted by Gasteiger charge is 2.32. The zero-order valence-electron chi connectivity index (χ0n) is 23.0. The second-order valence-electron chi connectivity index (χ2n) is 11.2. The fourth-order valence-electron chi connectivity index (χ4n) is 5.07. The monoisotopic (exact) mass is 522 g/mol. The van der Waals surface area contributed by atoms with Crippen LogP contribution < -0.4 is 5.32 Å². The average Bonchev–Trinajstić information content (AvgIpc) is 3.63. The molecule has 1 aliphatic carbocycles. The summed E-state index contributed by atoms with van der Waals surface area (Å²) >= 11 is 0. The molecule has 204 valence electrons. The van der Waals surface area contributed by atoms with Crippen molar-refractivity contribution in [2.45, 2.75) is 89.8 Å². The summed E-state index contributed by atoms with van der Waals surface area (Å²) in [7, 11) is 1.68. The van der Waals surface area contributed by atoms with Gasteiger partial charge in [0.15, 0.2) is 0 Å². The van der Waals surface area contributed by atoms with Crippen LogP contribution in [0.2, 0.25) is 0 Å². The highest BCUT2D eigenvalue weighted by atomic mass is 16.5. The van der Waals surface area contributed by atoms with Crippen molar-refractivity contribution in [1.82, 2.24) is 34.6 Å². The lowest BCUT2D eigenvalue weighted by Gasteiger charge is -2.25. The first kappa shape index (κ1) is 26.3. The van der Waals surface area contributed by atoms with Crippen molar-refractivity contribution in [3.05, 3.63) is 42.1 Å². The molecular formula is C27H38N8O3. The molecule has 38 heavy (non-hydrogen) atoms. The molecule has 1 aliphatic rings. The minimum atomic E-state index is -0.624. The zero-order valence-corrected chi connectivity index (χ0v) is 23.0. The Balaban J connectivity index is 1.53. The van der Waals surface area contributed by atoms with Gasteiger partial charge in [0.2, 0.25) is 17.7 Å². The molecule has 5 rings (SSSR count). The number of aromatic nitrogens is 7. The van der Waals surface area contributed by atoms with Crippen LogP contribution in [0.25, 0.3) is 16.6 Å². The van der Waals surface area contributed by atoms with Crippen LogP contribution in [0.4, 0.5) is 5.95 Å². The Morgan fingerprint density at radius 1 is 1.16 bits per heavy atom. The molecule has 0 radical (unpaired) electrons. The third kappa shape index (κ3) is 5.04. The van der Waals surface area contributed by atoms with E-state index in [0.717, 1.165) is 48.0 Å². The van der Waals surface area contributed by atoms with E-state index in [1.165, 1.54) is 0 Å². The summed E-state index contributed by atoms with van der Waals surface area (Å²) in [5.41, 5.74) is 3.38. The molecule has 11 nitrogen and oxygen atoms in total. The molecule has 0 saturated heterocycles. The van der Waals surface area contributed by atoms with E-state index in [9.17, 15) is 5.11 Å². The van der Waals surface area contributed by atoms with E-state index < -0.39 is 5.54 Å². The maximum absolute atomic E-state index is 10.1. The van der Waals surface area contributed by atoms with Crippen molar-refractivity contribution < 1.29 is 14.3 Å². The lowest BCUT2D eigenvalue weighted by Crippen LogP contribution is -2.28.